The second kappa shape index (κ2) is 10.2. The number of aromatic nitrogens is 1. The largest absolute Gasteiger partial charge is 0.376 e. The fourth-order valence-electron chi connectivity index (χ4n) is 4.11. The Balaban J connectivity index is 1.28. The molecule has 7 heteroatoms. The summed E-state index contributed by atoms with van der Waals surface area (Å²) in [5.74, 6) is -0.231. The van der Waals surface area contributed by atoms with Gasteiger partial charge in [0.2, 0.25) is 0 Å². The highest BCUT2D eigenvalue weighted by Crippen LogP contribution is 2.26. The normalized spacial score (nSPS) is 11.4. The molecule has 0 radical (unpaired) electrons. The van der Waals surface area contributed by atoms with Crippen LogP contribution in [0.25, 0.3) is 21.7 Å². The van der Waals surface area contributed by atoms with Gasteiger partial charge in [-0.1, -0.05) is 83.9 Å². The number of halogens is 2. The Hall–Kier alpha value is -3.80. The van der Waals surface area contributed by atoms with Gasteiger partial charge < -0.3 is 9.88 Å². The highest BCUT2D eigenvalue weighted by atomic mass is 35.5. The average molecular weight is 501 g/mol. The summed E-state index contributed by atoms with van der Waals surface area (Å²) < 4.78 is 2.11. The molecule has 2 N–H and O–H groups in total. The Bertz CT molecular complexity index is 1550. The van der Waals surface area contributed by atoms with E-state index in [1.54, 1.807) is 12.3 Å². The molecule has 0 spiro atoms. The second-order valence-corrected chi connectivity index (χ2v) is 8.98. The molecule has 35 heavy (non-hydrogen) atoms. The van der Waals surface area contributed by atoms with Gasteiger partial charge in [-0.15, -0.1) is 0 Å². The van der Waals surface area contributed by atoms with Crippen LogP contribution in [0, 0.1) is 0 Å². The first-order valence-corrected chi connectivity index (χ1v) is 11.9. The summed E-state index contributed by atoms with van der Waals surface area (Å²) >= 11 is 12.4. The Morgan fingerprint density at radius 3 is 2.54 bits per heavy atom. The van der Waals surface area contributed by atoms with E-state index in [4.69, 9.17) is 23.2 Å². The van der Waals surface area contributed by atoms with Crippen LogP contribution in [0.1, 0.15) is 11.1 Å². The van der Waals surface area contributed by atoms with Gasteiger partial charge in [-0.05, 0) is 35.2 Å². The number of fused-ring (bicyclic) bond motifs is 2. The molecule has 0 unspecified atom stereocenters. The zero-order valence-corrected chi connectivity index (χ0v) is 20.2. The third-order valence-electron chi connectivity index (χ3n) is 5.80. The Kier molecular flexibility index (Phi) is 6.70. The molecule has 0 fully saturated rings. The van der Waals surface area contributed by atoms with E-state index in [0.717, 1.165) is 38.5 Å². The predicted molar refractivity (Wildman–Crippen MR) is 146 cm³/mol. The van der Waals surface area contributed by atoms with E-state index < -0.39 is 0 Å². The van der Waals surface area contributed by atoms with Crippen molar-refractivity contribution in [3.05, 3.63) is 112 Å². The quantitative estimate of drug-likeness (QED) is 0.192. The van der Waals surface area contributed by atoms with Gasteiger partial charge in [-0.2, -0.15) is 5.10 Å². The van der Waals surface area contributed by atoms with E-state index in [2.05, 4.69) is 20.4 Å². The van der Waals surface area contributed by atoms with Crippen LogP contribution in [0.2, 0.25) is 10.0 Å². The minimum absolute atomic E-state index is 0.113. The monoisotopic (exact) mass is 500 g/mol. The number of para-hydroxylation sites is 1. The summed E-state index contributed by atoms with van der Waals surface area (Å²) in [5.41, 5.74) is 6.43. The fourth-order valence-corrected chi connectivity index (χ4v) is 4.58. The SMILES string of the molecule is O=C(CNc1cccc2ccccc12)N/N=C\c1cn(Cc2ccc(Cl)cc2Cl)c2ccccc12. The fraction of sp³-hybridized carbons (Fsp3) is 0.0714. The summed E-state index contributed by atoms with van der Waals surface area (Å²) in [6, 6.07) is 27.6. The van der Waals surface area contributed by atoms with Crippen molar-refractivity contribution in [3.8, 4) is 0 Å². The van der Waals surface area contributed by atoms with Crippen molar-refractivity contribution in [2.75, 3.05) is 11.9 Å². The second-order valence-electron chi connectivity index (χ2n) is 8.14. The van der Waals surface area contributed by atoms with E-state index in [-0.39, 0.29) is 12.5 Å². The summed E-state index contributed by atoms with van der Waals surface area (Å²) in [5, 5.41) is 11.8. The Labute approximate surface area is 213 Å². The van der Waals surface area contributed by atoms with E-state index >= 15 is 0 Å². The van der Waals surface area contributed by atoms with Gasteiger partial charge in [0, 0.05) is 50.3 Å². The van der Waals surface area contributed by atoms with Crippen LogP contribution in [0.15, 0.2) is 96.2 Å². The molecule has 1 heterocycles. The Morgan fingerprint density at radius 2 is 1.69 bits per heavy atom. The van der Waals surface area contributed by atoms with Crippen LogP contribution in [-0.2, 0) is 11.3 Å². The molecular formula is C28H22Cl2N4O. The first-order chi connectivity index (χ1) is 17.1. The maximum Gasteiger partial charge on any atom is 0.259 e. The molecule has 1 amide bonds. The molecule has 0 aliphatic rings. The highest BCUT2D eigenvalue weighted by Gasteiger charge is 2.10. The van der Waals surface area contributed by atoms with E-state index in [1.807, 2.05) is 85.1 Å². The lowest BCUT2D eigenvalue weighted by molar-refractivity contribution is -0.119. The van der Waals surface area contributed by atoms with Crippen LogP contribution in [0.5, 0.6) is 0 Å². The highest BCUT2D eigenvalue weighted by molar-refractivity contribution is 6.35. The molecule has 5 nitrogen and oxygen atoms in total. The van der Waals surface area contributed by atoms with Crippen LogP contribution in [0.3, 0.4) is 0 Å². The molecule has 174 valence electrons. The average Bonchev–Trinajstić information content (AvgIpc) is 3.22. The molecule has 0 aliphatic heterocycles. The molecule has 4 aromatic carbocycles. The van der Waals surface area contributed by atoms with E-state index in [0.29, 0.717) is 16.6 Å². The van der Waals surface area contributed by atoms with Gasteiger partial charge in [0.25, 0.3) is 5.91 Å². The first-order valence-electron chi connectivity index (χ1n) is 11.1. The van der Waals surface area contributed by atoms with Crippen molar-refractivity contribution in [1.29, 1.82) is 0 Å². The van der Waals surface area contributed by atoms with Gasteiger partial charge in [-0.25, -0.2) is 5.43 Å². The molecule has 1 aromatic heterocycles. The standard InChI is InChI=1S/C28H22Cl2N4O/c29-22-13-12-20(25(30)14-22)17-34-18-21(24-9-3-4-11-27(24)34)15-32-33-28(35)16-31-26-10-5-7-19-6-1-2-8-23(19)26/h1-15,18,31H,16-17H2,(H,33,35)/b32-15-. The van der Waals surface area contributed by atoms with Gasteiger partial charge in [-0.3, -0.25) is 4.79 Å². The number of nitrogens with one attached hydrogen (secondary N) is 2. The van der Waals surface area contributed by atoms with Gasteiger partial charge in [0.15, 0.2) is 0 Å². The summed E-state index contributed by atoms with van der Waals surface area (Å²) in [4.78, 5) is 12.4. The molecule has 0 bridgehead atoms. The van der Waals surface area contributed by atoms with Gasteiger partial charge >= 0.3 is 0 Å². The van der Waals surface area contributed by atoms with Crippen molar-refractivity contribution >= 4 is 62.7 Å². The minimum atomic E-state index is -0.231. The minimum Gasteiger partial charge on any atom is -0.376 e. The van der Waals surface area contributed by atoms with E-state index in [1.165, 1.54) is 0 Å². The summed E-state index contributed by atoms with van der Waals surface area (Å²) in [7, 11) is 0. The zero-order chi connectivity index (χ0) is 24.2. The van der Waals surface area contributed by atoms with Gasteiger partial charge in [0.05, 0.1) is 12.8 Å². The summed E-state index contributed by atoms with van der Waals surface area (Å²) in [6.07, 6.45) is 3.66. The lowest BCUT2D eigenvalue weighted by Crippen LogP contribution is -2.25. The van der Waals surface area contributed by atoms with Crippen LogP contribution in [-0.4, -0.2) is 23.2 Å². The molecule has 5 rings (SSSR count). The molecule has 0 atom stereocenters. The number of benzene rings is 4. The maximum atomic E-state index is 12.4. The first kappa shape index (κ1) is 23.0. The van der Waals surface area contributed by atoms with Crippen LogP contribution in [0.4, 0.5) is 5.69 Å². The van der Waals surface area contributed by atoms with Crippen LogP contribution < -0.4 is 10.7 Å². The zero-order valence-electron chi connectivity index (χ0n) is 18.7. The van der Waals surface area contributed by atoms with E-state index in [9.17, 15) is 4.79 Å². The third kappa shape index (κ3) is 5.16. The number of hydrazone groups is 1. The maximum absolute atomic E-state index is 12.4. The number of hydrogen-bond donors (Lipinski definition) is 2. The number of carbonyl (C=O) groups is 1. The lowest BCUT2D eigenvalue weighted by atomic mass is 10.1. The number of nitrogens with zero attached hydrogens (tertiary/aromatic N) is 2. The number of carbonyl (C=O) groups excluding carboxylic acids is 1. The van der Waals surface area contributed by atoms with Crippen molar-refractivity contribution in [3.63, 3.8) is 0 Å². The van der Waals surface area contributed by atoms with Crippen molar-refractivity contribution in [1.82, 2.24) is 9.99 Å². The van der Waals surface area contributed by atoms with Crippen molar-refractivity contribution in [2.24, 2.45) is 5.10 Å². The van der Waals surface area contributed by atoms with Gasteiger partial charge in [0.1, 0.15) is 0 Å². The molecule has 0 aliphatic carbocycles. The molecular weight excluding hydrogens is 479 g/mol. The lowest BCUT2D eigenvalue weighted by Gasteiger charge is -2.08. The number of rotatable bonds is 7. The summed E-state index contributed by atoms with van der Waals surface area (Å²) in [6.45, 7) is 0.702. The van der Waals surface area contributed by atoms with Crippen molar-refractivity contribution in [2.45, 2.75) is 6.54 Å². The molecule has 5 aromatic rings. The third-order valence-corrected chi connectivity index (χ3v) is 6.38. The molecule has 0 saturated carbocycles. The van der Waals surface area contributed by atoms with Crippen molar-refractivity contribution < 1.29 is 4.79 Å². The molecule has 0 saturated heterocycles. The number of anilines is 1. The number of hydrogen-bond acceptors (Lipinski definition) is 3. The van der Waals surface area contributed by atoms with Crippen LogP contribution >= 0.6 is 23.2 Å². The number of amides is 1. The smallest absolute Gasteiger partial charge is 0.259 e. The predicted octanol–water partition coefficient (Wildman–Crippen LogP) is 6.71. The topological polar surface area (TPSA) is 58.4 Å². The Morgan fingerprint density at radius 1 is 0.914 bits per heavy atom.